The summed E-state index contributed by atoms with van der Waals surface area (Å²) in [5.74, 6) is -1.17. The van der Waals surface area contributed by atoms with Crippen LogP contribution in [0.3, 0.4) is 0 Å². The second-order valence-electron chi connectivity index (χ2n) is 2.08. The molecule has 4 nitrogen and oxygen atoms in total. The lowest BCUT2D eigenvalue weighted by Crippen LogP contribution is -2.15. The minimum atomic E-state index is -0.614. The topological polar surface area (TPSA) is 62.2 Å². The Balaban J connectivity index is 2.64. The maximum absolute atomic E-state index is 12.2. The van der Waals surface area contributed by atoms with Crippen LogP contribution in [-0.2, 0) is 4.79 Å². The van der Waals surface area contributed by atoms with Crippen LogP contribution in [0.5, 0.6) is 0 Å². The maximum Gasteiger partial charge on any atom is 0.250 e. The molecule has 1 aromatic heterocycles. The molecular formula is C7H7FN2O2. The Labute approximate surface area is 68.1 Å². The van der Waals surface area contributed by atoms with Crippen LogP contribution in [0.25, 0.3) is 0 Å². The number of hydrogen-bond acceptors (Lipinski definition) is 3. The van der Waals surface area contributed by atoms with Gasteiger partial charge in [-0.15, -0.1) is 0 Å². The molecule has 0 fully saturated rings. The fourth-order valence-corrected chi connectivity index (χ4v) is 0.650. The highest BCUT2D eigenvalue weighted by molar-refractivity contribution is 5.91. The molecule has 0 aliphatic carbocycles. The Hall–Kier alpha value is -1.49. The molecule has 1 heterocycles. The number of carbonyl (C=O) groups is 1. The van der Waals surface area contributed by atoms with Crippen molar-refractivity contribution in [2.45, 2.75) is 0 Å². The van der Waals surface area contributed by atoms with Gasteiger partial charge in [0.25, 0.3) is 0 Å². The Morgan fingerprint density at radius 3 is 2.92 bits per heavy atom. The van der Waals surface area contributed by atoms with Gasteiger partial charge in [0, 0.05) is 0 Å². The van der Waals surface area contributed by atoms with Gasteiger partial charge >= 0.3 is 0 Å². The van der Waals surface area contributed by atoms with E-state index < -0.39 is 18.5 Å². The van der Waals surface area contributed by atoms with E-state index in [0.717, 1.165) is 6.07 Å². The molecule has 0 saturated carbocycles. The van der Waals surface area contributed by atoms with Crippen molar-refractivity contribution in [3.63, 3.8) is 0 Å². The van der Waals surface area contributed by atoms with Gasteiger partial charge in [0.05, 0.1) is 11.9 Å². The lowest BCUT2D eigenvalue weighted by molar-refractivity contribution is -0.118. The minimum absolute atomic E-state index is 0.357. The van der Waals surface area contributed by atoms with Crippen molar-refractivity contribution in [3.05, 3.63) is 24.3 Å². The van der Waals surface area contributed by atoms with Gasteiger partial charge in [-0.1, -0.05) is 0 Å². The number of nitrogens with one attached hydrogen (secondary N) is 1. The van der Waals surface area contributed by atoms with Gasteiger partial charge in [-0.05, 0) is 12.1 Å². The first-order valence-corrected chi connectivity index (χ1v) is 3.24. The fraction of sp³-hybridized carbons (Fsp3) is 0.143. The summed E-state index contributed by atoms with van der Waals surface area (Å²) in [6, 6.07) is 2.48. The first-order chi connectivity index (χ1) is 5.72. The summed E-state index contributed by atoms with van der Waals surface area (Å²) in [5, 5.41) is 10.6. The fourth-order valence-electron chi connectivity index (χ4n) is 0.650. The van der Waals surface area contributed by atoms with E-state index in [1.54, 1.807) is 0 Å². The molecule has 1 rings (SSSR count). The standard InChI is InChI=1S/C7H7FN2O2/c8-6-2-1-5(3-9-6)10-7(12)4-11/h1-3,11H,4H2,(H,10,12). The number of rotatable bonds is 2. The van der Waals surface area contributed by atoms with Crippen LogP contribution in [-0.4, -0.2) is 22.6 Å². The van der Waals surface area contributed by atoms with Gasteiger partial charge in [-0.3, -0.25) is 4.79 Å². The van der Waals surface area contributed by atoms with Crippen LogP contribution >= 0.6 is 0 Å². The van der Waals surface area contributed by atoms with Crippen LogP contribution in [0.2, 0.25) is 0 Å². The van der Waals surface area contributed by atoms with Crippen molar-refractivity contribution in [1.82, 2.24) is 4.98 Å². The summed E-state index contributed by atoms with van der Waals surface area (Å²) in [6.07, 6.45) is 1.17. The van der Waals surface area contributed by atoms with E-state index in [0.29, 0.717) is 5.69 Å². The summed E-state index contributed by atoms with van der Waals surface area (Å²) in [4.78, 5) is 13.9. The number of aromatic nitrogens is 1. The molecule has 0 bridgehead atoms. The van der Waals surface area contributed by atoms with E-state index in [-0.39, 0.29) is 0 Å². The SMILES string of the molecule is O=C(CO)Nc1ccc(F)nc1. The van der Waals surface area contributed by atoms with E-state index in [4.69, 9.17) is 5.11 Å². The highest BCUT2D eigenvalue weighted by atomic mass is 19.1. The predicted octanol–water partition coefficient (Wildman–Crippen LogP) is 0.152. The van der Waals surface area contributed by atoms with E-state index in [1.165, 1.54) is 12.3 Å². The number of carbonyl (C=O) groups excluding carboxylic acids is 1. The predicted molar refractivity (Wildman–Crippen MR) is 39.9 cm³/mol. The first kappa shape index (κ1) is 8.61. The van der Waals surface area contributed by atoms with Gasteiger partial charge < -0.3 is 10.4 Å². The molecule has 0 aliphatic rings. The van der Waals surface area contributed by atoms with Gasteiger partial charge in [0.15, 0.2) is 0 Å². The van der Waals surface area contributed by atoms with Gasteiger partial charge in [-0.2, -0.15) is 4.39 Å². The van der Waals surface area contributed by atoms with Gasteiger partial charge in [-0.25, -0.2) is 4.98 Å². The summed E-state index contributed by atoms with van der Waals surface area (Å²) >= 11 is 0. The molecule has 0 spiro atoms. The number of pyridine rings is 1. The number of halogens is 1. The van der Waals surface area contributed by atoms with Crippen LogP contribution in [0, 0.1) is 5.95 Å². The molecule has 5 heteroatoms. The summed E-state index contributed by atoms with van der Waals surface area (Å²) in [7, 11) is 0. The van der Waals surface area contributed by atoms with Crippen molar-refractivity contribution in [2.24, 2.45) is 0 Å². The van der Waals surface area contributed by atoms with Gasteiger partial charge in [0.1, 0.15) is 6.61 Å². The van der Waals surface area contributed by atoms with Crippen molar-refractivity contribution in [3.8, 4) is 0 Å². The number of nitrogens with zero attached hydrogens (tertiary/aromatic N) is 1. The molecule has 2 N–H and O–H groups in total. The third kappa shape index (κ3) is 2.28. The smallest absolute Gasteiger partial charge is 0.250 e. The molecule has 0 aliphatic heterocycles. The number of anilines is 1. The average Bonchev–Trinajstić information content (AvgIpc) is 2.09. The summed E-state index contributed by atoms with van der Waals surface area (Å²) < 4.78 is 12.2. The number of aliphatic hydroxyl groups is 1. The molecule has 0 saturated heterocycles. The molecule has 1 amide bonds. The summed E-state index contributed by atoms with van der Waals surface area (Å²) in [5.41, 5.74) is 0.357. The third-order valence-corrected chi connectivity index (χ3v) is 1.15. The van der Waals surface area contributed by atoms with Gasteiger partial charge in [0.2, 0.25) is 11.9 Å². The van der Waals surface area contributed by atoms with Crippen LogP contribution in [0.15, 0.2) is 18.3 Å². The van der Waals surface area contributed by atoms with E-state index in [1.807, 2.05) is 0 Å². The van der Waals surface area contributed by atoms with Crippen molar-refractivity contribution < 1.29 is 14.3 Å². The Bertz CT molecular complexity index is 273. The molecule has 64 valence electrons. The zero-order valence-corrected chi connectivity index (χ0v) is 6.12. The second kappa shape index (κ2) is 3.77. The largest absolute Gasteiger partial charge is 0.387 e. The monoisotopic (exact) mass is 170 g/mol. The maximum atomic E-state index is 12.2. The van der Waals surface area contributed by atoms with Crippen LogP contribution in [0.1, 0.15) is 0 Å². The number of hydrogen-bond donors (Lipinski definition) is 2. The van der Waals surface area contributed by atoms with E-state index in [9.17, 15) is 9.18 Å². The zero-order valence-electron chi connectivity index (χ0n) is 6.12. The third-order valence-electron chi connectivity index (χ3n) is 1.15. The summed E-state index contributed by atoms with van der Waals surface area (Å²) in [6.45, 7) is -0.600. The van der Waals surface area contributed by atoms with Crippen LogP contribution < -0.4 is 5.32 Å². The highest BCUT2D eigenvalue weighted by Crippen LogP contribution is 2.04. The molecule has 1 aromatic rings. The molecule has 0 unspecified atom stereocenters. The molecule has 12 heavy (non-hydrogen) atoms. The Morgan fingerprint density at radius 2 is 2.42 bits per heavy atom. The second-order valence-corrected chi connectivity index (χ2v) is 2.08. The quantitative estimate of drug-likeness (QED) is 0.621. The lowest BCUT2D eigenvalue weighted by Gasteiger charge is -2.00. The molecule has 0 aromatic carbocycles. The Morgan fingerprint density at radius 1 is 1.67 bits per heavy atom. The molecule has 0 atom stereocenters. The van der Waals surface area contributed by atoms with Crippen LogP contribution in [0.4, 0.5) is 10.1 Å². The number of amides is 1. The van der Waals surface area contributed by atoms with Crippen molar-refractivity contribution in [2.75, 3.05) is 11.9 Å². The Kier molecular flexibility index (Phi) is 2.71. The van der Waals surface area contributed by atoms with Crippen molar-refractivity contribution >= 4 is 11.6 Å². The average molecular weight is 170 g/mol. The van der Waals surface area contributed by atoms with E-state index in [2.05, 4.69) is 10.3 Å². The molecule has 0 radical (unpaired) electrons. The first-order valence-electron chi connectivity index (χ1n) is 3.24. The zero-order chi connectivity index (χ0) is 8.97. The normalized spacial score (nSPS) is 9.50. The number of aliphatic hydroxyl groups excluding tert-OH is 1. The van der Waals surface area contributed by atoms with Crippen molar-refractivity contribution in [1.29, 1.82) is 0 Å². The lowest BCUT2D eigenvalue weighted by atomic mass is 10.4. The van der Waals surface area contributed by atoms with E-state index >= 15 is 0 Å². The minimum Gasteiger partial charge on any atom is -0.387 e. The highest BCUT2D eigenvalue weighted by Gasteiger charge is 1.99. The molecular weight excluding hydrogens is 163 g/mol.